The fourth-order valence-electron chi connectivity index (χ4n) is 2.54. The van der Waals surface area contributed by atoms with Gasteiger partial charge in [0.1, 0.15) is 18.3 Å². The number of phosphoric ester groups is 1. The molecule has 0 amide bonds. The van der Waals surface area contributed by atoms with Crippen molar-refractivity contribution in [2.75, 3.05) is 13.3 Å². The lowest BCUT2D eigenvalue weighted by Gasteiger charge is -2.32. The summed E-state index contributed by atoms with van der Waals surface area (Å²) in [5, 5.41) is 10.1. The number of phosphoric acid groups is 2. The van der Waals surface area contributed by atoms with Crippen molar-refractivity contribution in [3.63, 3.8) is 0 Å². The topological polar surface area (TPSA) is 211 Å². The molecular formula is C13H18F2N3O11P3. The van der Waals surface area contributed by atoms with E-state index in [1.807, 2.05) is 0 Å². The maximum absolute atomic E-state index is 14.8. The van der Waals surface area contributed by atoms with Crippen molar-refractivity contribution in [3.8, 4) is 12.3 Å². The SMILES string of the molecule is C#C[C@]1(COP(=O)(O)OP(=O)(O)OP(C)(=O)O)O[C@@H](N2C=CC(N)=NC2=C)C(F)(F)[C@@H]1O. The average Bonchev–Trinajstić information content (AvgIpc) is 2.78. The first-order valence-corrected chi connectivity index (χ1v) is 13.1. The van der Waals surface area contributed by atoms with E-state index in [0.29, 0.717) is 11.6 Å². The smallest absolute Gasteiger partial charge is 0.384 e. The zero-order valence-corrected chi connectivity index (χ0v) is 18.7. The van der Waals surface area contributed by atoms with Crippen LogP contribution in [0, 0.1) is 12.3 Å². The van der Waals surface area contributed by atoms with E-state index in [0.717, 1.165) is 12.3 Å². The number of amidine groups is 1. The van der Waals surface area contributed by atoms with Gasteiger partial charge in [0, 0.05) is 12.9 Å². The maximum atomic E-state index is 14.8. The van der Waals surface area contributed by atoms with Gasteiger partial charge in [0.05, 0.1) is 0 Å². The summed E-state index contributed by atoms with van der Waals surface area (Å²) in [4.78, 5) is 32.1. The number of hydrogen-bond donors (Lipinski definition) is 5. The second-order valence-electron chi connectivity index (χ2n) is 6.43. The van der Waals surface area contributed by atoms with Crippen LogP contribution in [-0.4, -0.2) is 67.6 Å². The van der Waals surface area contributed by atoms with Crippen LogP contribution in [0.3, 0.4) is 0 Å². The zero-order valence-electron chi connectivity index (χ0n) is 16.0. The highest BCUT2D eigenvalue weighted by Gasteiger charge is 2.68. The maximum Gasteiger partial charge on any atom is 0.488 e. The van der Waals surface area contributed by atoms with Gasteiger partial charge in [0.15, 0.2) is 11.7 Å². The molecule has 0 aromatic rings. The minimum absolute atomic E-state index is 0.0619. The summed E-state index contributed by atoms with van der Waals surface area (Å²) >= 11 is 0. The molecule has 180 valence electrons. The molecule has 0 aromatic carbocycles. The summed E-state index contributed by atoms with van der Waals surface area (Å²) in [5.74, 6) is -2.79. The van der Waals surface area contributed by atoms with Crippen LogP contribution in [0.15, 0.2) is 29.7 Å². The van der Waals surface area contributed by atoms with E-state index in [1.165, 1.54) is 0 Å². The summed E-state index contributed by atoms with van der Waals surface area (Å²) in [6, 6.07) is 0. The third-order valence-electron chi connectivity index (χ3n) is 3.82. The lowest BCUT2D eigenvalue weighted by atomic mass is 9.96. The first-order chi connectivity index (χ1) is 14.3. The van der Waals surface area contributed by atoms with Gasteiger partial charge in [-0.15, -0.1) is 6.42 Å². The van der Waals surface area contributed by atoms with E-state index in [9.17, 15) is 37.4 Å². The number of alkyl halides is 2. The van der Waals surface area contributed by atoms with Gasteiger partial charge in [-0.3, -0.25) is 9.09 Å². The molecule has 0 spiro atoms. The van der Waals surface area contributed by atoms with Crippen molar-refractivity contribution < 1.29 is 60.1 Å². The predicted molar refractivity (Wildman–Crippen MR) is 103 cm³/mol. The molecule has 0 aromatic heterocycles. The number of halogens is 2. The molecule has 2 heterocycles. The molecule has 0 bridgehead atoms. The number of terminal acetylenes is 1. The molecule has 0 radical (unpaired) electrons. The summed E-state index contributed by atoms with van der Waals surface area (Å²) in [6.07, 6.45) is 2.20. The van der Waals surface area contributed by atoms with Gasteiger partial charge in [-0.05, 0) is 6.08 Å². The van der Waals surface area contributed by atoms with Gasteiger partial charge in [0.2, 0.25) is 6.23 Å². The first-order valence-electron chi connectivity index (χ1n) is 8.08. The second kappa shape index (κ2) is 8.72. The number of ether oxygens (including phenoxy) is 1. The van der Waals surface area contributed by atoms with Crippen molar-refractivity contribution in [2.24, 2.45) is 10.7 Å². The lowest BCUT2D eigenvalue weighted by Crippen LogP contribution is -2.50. The molecule has 3 unspecified atom stereocenters. The summed E-state index contributed by atoms with van der Waals surface area (Å²) < 4.78 is 81.0. The Morgan fingerprint density at radius 2 is 1.94 bits per heavy atom. The lowest BCUT2D eigenvalue weighted by molar-refractivity contribution is -0.150. The summed E-state index contributed by atoms with van der Waals surface area (Å²) in [5.41, 5.74) is 2.66. The number of aliphatic hydroxyl groups is 1. The van der Waals surface area contributed by atoms with Gasteiger partial charge in [-0.1, -0.05) is 12.5 Å². The van der Waals surface area contributed by atoms with Gasteiger partial charge < -0.3 is 35.2 Å². The molecule has 0 aliphatic carbocycles. The van der Waals surface area contributed by atoms with Gasteiger partial charge in [-0.2, -0.15) is 13.1 Å². The molecule has 0 saturated carbocycles. The van der Waals surface area contributed by atoms with Gasteiger partial charge in [-0.25, -0.2) is 18.4 Å². The number of nitrogens with zero attached hydrogens (tertiary/aromatic N) is 2. The Morgan fingerprint density at radius 3 is 2.44 bits per heavy atom. The Morgan fingerprint density at radius 1 is 1.34 bits per heavy atom. The summed E-state index contributed by atoms with van der Waals surface area (Å²) in [7, 11) is -15.9. The molecule has 19 heteroatoms. The largest absolute Gasteiger partial charge is 0.488 e. The highest BCUT2D eigenvalue weighted by atomic mass is 31.3. The second-order valence-corrected chi connectivity index (χ2v) is 11.5. The van der Waals surface area contributed by atoms with Crippen molar-refractivity contribution >= 4 is 29.1 Å². The van der Waals surface area contributed by atoms with Crippen molar-refractivity contribution in [2.45, 2.75) is 23.9 Å². The molecule has 6 N–H and O–H groups in total. The number of aliphatic imine (C=N–C) groups is 1. The van der Waals surface area contributed by atoms with Crippen LogP contribution in [0.25, 0.3) is 0 Å². The van der Waals surface area contributed by atoms with Crippen LogP contribution in [0.5, 0.6) is 0 Å². The third-order valence-corrected chi connectivity index (χ3v) is 7.96. The molecule has 32 heavy (non-hydrogen) atoms. The monoisotopic (exact) mass is 523 g/mol. The predicted octanol–water partition coefficient (Wildman–Crippen LogP) is 0.434. The van der Waals surface area contributed by atoms with E-state index in [1.54, 1.807) is 5.92 Å². The van der Waals surface area contributed by atoms with E-state index in [2.05, 4.69) is 24.7 Å². The van der Waals surface area contributed by atoms with E-state index >= 15 is 0 Å². The van der Waals surface area contributed by atoms with E-state index < -0.39 is 53.7 Å². The quantitative estimate of drug-likeness (QED) is 0.216. The van der Waals surface area contributed by atoms with Gasteiger partial charge >= 0.3 is 29.2 Å². The standard InChI is InChI=1S/C13H18F2N3O11P3/c1-4-12(7-26-31(22,23)29-32(24,25)28-30(3,20)21)10(19)13(14,15)11(27-12)18-6-5-9(16)17-8(18)2/h1,5-6,10-11,19H,2,7H2,3H3,(H2,16,17)(H,20,21)(H,22,23)(H,24,25)/t10-,11-,12-/m1/s1. The van der Waals surface area contributed by atoms with Crippen molar-refractivity contribution in [3.05, 3.63) is 24.7 Å². The summed E-state index contributed by atoms with van der Waals surface area (Å²) in [6.45, 7) is 2.44. The van der Waals surface area contributed by atoms with Gasteiger partial charge in [0.25, 0.3) is 0 Å². The van der Waals surface area contributed by atoms with Crippen LogP contribution in [0.1, 0.15) is 0 Å². The highest BCUT2D eigenvalue weighted by molar-refractivity contribution is 7.68. The zero-order chi connectivity index (χ0) is 24.8. The van der Waals surface area contributed by atoms with E-state index in [4.69, 9.17) is 21.8 Å². The Balaban J connectivity index is 2.23. The Labute approximate surface area is 179 Å². The fourth-order valence-corrected chi connectivity index (χ4v) is 6.04. The third kappa shape index (κ3) is 5.91. The molecule has 2 rings (SSSR count). The van der Waals surface area contributed by atoms with Crippen molar-refractivity contribution in [1.29, 1.82) is 0 Å². The minimum Gasteiger partial charge on any atom is -0.384 e. The van der Waals surface area contributed by atoms with Crippen LogP contribution in [-0.2, 0) is 31.6 Å². The Kier molecular flexibility index (Phi) is 7.30. The number of aliphatic hydroxyl groups excluding tert-OH is 1. The van der Waals surface area contributed by atoms with Crippen LogP contribution in [0.2, 0.25) is 0 Å². The highest BCUT2D eigenvalue weighted by Crippen LogP contribution is 2.66. The van der Waals surface area contributed by atoms with Crippen molar-refractivity contribution in [1.82, 2.24) is 4.90 Å². The molecule has 2 aliphatic rings. The van der Waals surface area contributed by atoms with E-state index in [-0.39, 0.29) is 11.7 Å². The molecule has 1 fully saturated rings. The number of rotatable bonds is 8. The first kappa shape index (κ1) is 26.8. The normalized spacial score (nSPS) is 33.0. The minimum atomic E-state index is -5.63. The molecule has 14 nitrogen and oxygen atoms in total. The van der Waals surface area contributed by atoms with Crippen LogP contribution >= 0.6 is 23.2 Å². The van der Waals surface area contributed by atoms with Crippen LogP contribution < -0.4 is 5.73 Å². The van der Waals surface area contributed by atoms with Crippen LogP contribution in [0.4, 0.5) is 8.78 Å². The molecule has 1 saturated heterocycles. The number of hydrogen-bond acceptors (Lipinski definition) is 11. The Bertz CT molecular complexity index is 1040. The molecule has 6 atom stereocenters. The molecular weight excluding hydrogens is 505 g/mol. The number of nitrogens with two attached hydrogens (primary N) is 1. The molecule has 2 aliphatic heterocycles. The fraction of sp³-hybridized carbons (Fsp3) is 0.462. The average molecular weight is 523 g/mol. The Hall–Kier alpha value is -1.46.